The Bertz CT molecular complexity index is 4060. The van der Waals surface area contributed by atoms with Crippen LogP contribution in [0.1, 0.15) is 136 Å². The molecule has 0 heterocycles. The summed E-state index contributed by atoms with van der Waals surface area (Å²) in [6.45, 7) is 19.2. The maximum absolute atomic E-state index is 12.6. The molecule has 92 heavy (non-hydrogen) atoms. The van der Waals surface area contributed by atoms with Crippen molar-refractivity contribution in [2.75, 3.05) is 0 Å². The van der Waals surface area contributed by atoms with E-state index in [1.165, 1.54) is 21.5 Å². The van der Waals surface area contributed by atoms with Gasteiger partial charge in [-0.1, -0.05) is 211 Å². The lowest BCUT2D eigenvalue weighted by Crippen LogP contribution is -2.36. The number of nitrogens with zero attached hydrogens (tertiary/aromatic N) is 4. The van der Waals surface area contributed by atoms with Gasteiger partial charge in [-0.05, 0) is 93.0 Å². The fraction of sp³-hybridized carbons (Fsp3) is 0.222. The lowest BCUT2D eigenvalue weighted by atomic mass is 9.94. The van der Waals surface area contributed by atoms with Crippen molar-refractivity contribution in [3.8, 4) is 0 Å². The molecule has 10 aromatic rings. The third-order valence-corrected chi connectivity index (χ3v) is 15.1. The van der Waals surface area contributed by atoms with Gasteiger partial charge in [-0.25, -0.2) is 0 Å². The second-order valence-electron chi connectivity index (χ2n) is 24.1. The number of benzene rings is 10. The Morgan fingerprint density at radius 1 is 0.315 bits per heavy atom. The van der Waals surface area contributed by atoms with Crippen molar-refractivity contribution in [3.05, 3.63) is 280 Å². The molecule has 20 heteroatoms. The summed E-state index contributed by atoms with van der Waals surface area (Å²) in [7, 11) is 0. The monoisotopic (exact) mass is 1240 g/mol. The molecule has 10 rings (SSSR count). The molecule has 10 aromatic carbocycles. The van der Waals surface area contributed by atoms with Crippen molar-refractivity contribution in [1.29, 1.82) is 0 Å². The van der Waals surface area contributed by atoms with Gasteiger partial charge in [-0.3, -0.25) is 59.6 Å². The van der Waals surface area contributed by atoms with Crippen LogP contribution in [0.2, 0.25) is 0 Å². The first kappa shape index (κ1) is 68.2. The van der Waals surface area contributed by atoms with Crippen molar-refractivity contribution in [2.24, 2.45) is 10.8 Å². The van der Waals surface area contributed by atoms with Crippen LogP contribution in [0.25, 0.3) is 43.1 Å². The smallest absolute Gasteiger partial charge is 0.277 e. The Morgan fingerprint density at radius 2 is 0.522 bits per heavy atom. The molecule has 4 amide bonds. The zero-order chi connectivity index (χ0) is 67.2. The zero-order valence-corrected chi connectivity index (χ0v) is 52.6. The molecule has 0 bridgehead atoms. The van der Waals surface area contributed by atoms with E-state index in [1.807, 2.05) is 177 Å². The van der Waals surface area contributed by atoms with Gasteiger partial charge in [-0.15, -0.1) is 0 Å². The minimum absolute atomic E-state index is 0.0119. The van der Waals surface area contributed by atoms with Crippen LogP contribution >= 0.6 is 0 Å². The third-order valence-electron chi connectivity index (χ3n) is 15.1. The molecule has 4 atom stereocenters. The first-order valence-corrected chi connectivity index (χ1v) is 29.5. The molecule has 20 nitrogen and oxygen atoms in total. The molecule has 0 aromatic heterocycles. The number of nitrogens with one attached hydrogen (secondary N) is 4. The molecular weight excluding hydrogens is 1170 g/mol. The van der Waals surface area contributed by atoms with Crippen molar-refractivity contribution < 1.29 is 38.9 Å². The quantitative estimate of drug-likeness (QED) is 0.0584. The van der Waals surface area contributed by atoms with Gasteiger partial charge < -0.3 is 21.3 Å². The van der Waals surface area contributed by atoms with E-state index in [-0.39, 0.29) is 45.9 Å². The first-order valence-electron chi connectivity index (χ1n) is 29.5. The molecule has 0 fully saturated rings. The normalized spacial score (nSPS) is 12.4. The molecular formula is C72H72N8O12. The maximum Gasteiger partial charge on any atom is 0.277 e. The topological polar surface area (TPSA) is 289 Å². The van der Waals surface area contributed by atoms with Gasteiger partial charge in [0.2, 0.25) is 11.8 Å². The number of carbonyl (C=O) groups is 4. The van der Waals surface area contributed by atoms with Crippen LogP contribution in [0, 0.1) is 51.3 Å². The summed E-state index contributed by atoms with van der Waals surface area (Å²) in [5.74, 6) is -1.09. The molecule has 0 spiro atoms. The molecule has 4 N–H and O–H groups in total. The number of non-ortho nitro benzene ring substituents is 4. The van der Waals surface area contributed by atoms with Crippen molar-refractivity contribution in [2.45, 2.75) is 93.4 Å². The van der Waals surface area contributed by atoms with Crippen LogP contribution in [-0.2, 0) is 9.59 Å². The lowest BCUT2D eigenvalue weighted by Gasteiger charge is -2.23. The predicted octanol–water partition coefficient (Wildman–Crippen LogP) is 16.4. The fourth-order valence-corrected chi connectivity index (χ4v) is 10.1. The van der Waals surface area contributed by atoms with Crippen LogP contribution < -0.4 is 21.3 Å². The minimum Gasteiger partial charge on any atom is -0.349 e. The summed E-state index contributed by atoms with van der Waals surface area (Å²) in [6.07, 6.45) is 0. The summed E-state index contributed by atoms with van der Waals surface area (Å²) < 4.78 is 0. The zero-order valence-electron chi connectivity index (χ0n) is 52.6. The van der Waals surface area contributed by atoms with E-state index in [4.69, 9.17) is 0 Å². The predicted molar refractivity (Wildman–Crippen MR) is 359 cm³/mol. The standard InChI is InChI=1S/2C19H15N3O5.2C17H21NO/c2*1-12(17-8-4-6-13-5-2-3-7-18(13)17)20-19(23)14-9-15(21(24)25)11-16(10-14)22(26)27;2*1-12(18-16(19)17(2,3)4)14-11-7-9-13-8-5-6-10-15(13)14/h2*2-12H,1H3,(H,20,23);2*5-12H,1-4H3,(H,18,19)/t4*12-/m1111/s1. The van der Waals surface area contributed by atoms with Crippen LogP contribution in [-0.4, -0.2) is 43.3 Å². The van der Waals surface area contributed by atoms with Gasteiger partial charge in [0, 0.05) is 35.1 Å². The number of carbonyl (C=O) groups excluding carboxylic acids is 4. The summed E-state index contributed by atoms with van der Waals surface area (Å²) in [5, 5.41) is 64.4. The maximum atomic E-state index is 12.6. The van der Waals surface area contributed by atoms with E-state index in [0.29, 0.717) is 0 Å². The fourth-order valence-electron chi connectivity index (χ4n) is 10.1. The number of hydrogen-bond donors (Lipinski definition) is 4. The third kappa shape index (κ3) is 17.5. The summed E-state index contributed by atoms with van der Waals surface area (Å²) in [6, 6.07) is 60.7. The molecule has 0 radical (unpaired) electrons. The van der Waals surface area contributed by atoms with E-state index in [0.717, 1.165) is 80.2 Å². The average molecular weight is 1240 g/mol. The Hall–Kier alpha value is -11.3. The highest BCUT2D eigenvalue weighted by molar-refractivity contribution is 5.98. The van der Waals surface area contributed by atoms with Gasteiger partial charge in [0.25, 0.3) is 34.6 Å². The molecule has 0 aliphatic carbocycles. The molecule has 0 unspecified atom stereocenters. The number of rotatable bonds is 14. The number of fused-ring (bicyclic) bond motifs is 4. The average Bonchev–Trinajstić information content (AvgIpc) is 1.01. The van der Waals surface area contributed by atoms with Crippen molar-refractivity contribution in [3.63, 3.8) is 0 Å². The number of hydrogen-bond acceptors (Lipinski definition) is 12. The van der Waals surface area contributed by atoms with Gasteiger partial charge >= 0.3 is 0 Å². The number of nitro benzene ring substituents is 4. The second kappa shape index (κ2) is 29.8. The van der Waals surface area contributed by atoms with Crippen LogP contribution in [0.5, 0.6) is 0 Å². The van der Waals surface area contributed by atoms with E-state index in [9.17, 15) is 59.6 Å². The largest absolute Gasteiger partial charge is 0.349 e. The first-order chi connectivity index (χ1) is 43.5. The molecule has 0 aliphatic rings. The number of nitro groups is 4. The van der Waals surface area contributed by atoms with E-state index >= 15 is 0 Å². The van der Waals surface area contributed by atoms with Gasteiger partial charge in [-0.2, -0.15) is 0 Å². The highest BCUT2D eigenvalue weighted by Crippen LogP contribution is 2.31. The highest BCUT2D eigenvalue weighted by atomic mass is 16.6. The summed E-state index contributed by atoms with van der Waals surface area (Å²) >= 11 is 0. The summed E-state index contributed by atoms with van der Waals surface area (Å²) in [4.78, 5) is 90.2. The summed E-state index contributed by atoms with van der Waals surface area (Å²) in [5.41, 5.74) is 1.05. The Balaban J connectivity index is 0.000000176. The Labute approximate surface area is 531 Å². The van der Waals surface area contributed by atoms with Gasteiger partial charge in [0.05, 0.1) is 67.1 Å². The second-order valence-corrected chi connectivity index (χ2v) is 24.1. The van der Waals surface area contributed by atoms with E-state index < -0.39 is 66.3 Å². The van der Waals surface area contributed by atoms with Gasteiger partial charge in [0.1, 0.15) is 0 Å². The van der Waals surface area contributed by atoms with Crippen molar-refractivity contribution >= 4 is 89.5 Å². The van der Waals surface area contributed by atoms with Gasteiger partial charge in [0.15, 0.2) is 0 Å². The molecule has 0 aliphatic heterocycles. The van der Waals surface area contributed by atoms with Crippen molar-refractivity contribution in [1.82, 2.24) is 21.3 Å². The van der Waals surface area contributed by atoms with Crippen LogP contribution in [0.4, 0.5) is 22.7 Å². The van der Waals surface area contributed by atoms with E-state index in [2.05, 4.69) is 69.8 Å². The lowest BCUT2D eigenvalue weighted by molar-refractivity contribution is -0.394. The molecule has 0 saturated carbocycles. The molecule has 0 saturated heterocycles. The van der Waals surface area contributed by atoms with E-state index in [1.54, 1.807) is 13.8 Å². The highest BCUT2D eigenvalue weighted by Gasteiger charge is 2.27. The molecule has 472 valence electrons. The van der Waals surface area contributed by atoms with Crippen LogP contribution in [0.3, 0.4) is 0 Å². The Kier molecular flexibility index (Phi) is 22.1. The SMILES string of the molecule is C[C@@H](NC(=O)C(C)(C)C)c1cccc2ccccc12.C[C@@H](NC(=O)C(C)(C)C)c1cccc2ccccc12.C[C@@H](NC(=O)c1cc([N+](=O)[O-])cc([N+](=O)[O-])c1)c1cccc2ccccc12.C[C@@H](NC(=O)c1cc([N+](=O)[O-])cc([N+](=O)[O-])c1)c1cccc2ccccc12. The minimum atomic E-state index is -0.766. The van der Waals surface area contributed by atoms with Crippen LogP contribution in [0.15, 0.2) is 206 Å². The Morgan fingerprint density at radius 3 is 0.739 bits per heavy atom. The number of amides is 4.